The van der Waals surface area contributed by atoms with Gasteiger partial charge in [0.05, 0.1) is 14.2 Å². The van der Waals surface area contributed by atoms with E-state index in [4.69, 9.17) is 15.2 Å². The molecule has 0 heterocycles. The number of nitrogens with one attached hydrogen (secondary N) is 1. The molecule has 0 unspecified atom stereocenters. The Balaban J connectivity index is 1.94. The summed E-state index contributed by atoms with van der Waals surface area (Å²) in [7, 11) is 3.38. The van der Waals surface area contributed by atoms with Gasteiger partial charge in [0.15, 0.2) is 0 Å². The number of rotatable bonds is 6. The lowest BCUT2D eigenvalue weighted by atomic mass is 9.81. The average molecular weight is 264 g/mol. The number of hydrogen-bond donors (Lipinski definition) is 2. The molecule has 0 amide bonds. The van der Waals surface area contributed by atoms with E-state index in [1.54, 1.807) is 14.2 Å². The molecule has 19 heavy (non-hydrogen) atoms. The van der Waals surface area contributed by atoms with Gasteiger partial charge in [-0.15, -0.1) is 0 Å². The summed E-state index contributed by atoms with van der Waals surface area (Å²) in [5.74, 6) is 2.52. The van der Waals surface area contributed by atoms with Crippen molar-refractivity contribution in [2.24, 2.45) is 11.7 Å². The zero-order valence-electron chi connectivity index (χ0n) is 12.0. The highest BCUT2D eigenvalue weighted by molar-refractivity contribution is 5.49. The van der Waals surface area contributed by atoms with Gasteiger partial charge in [-0.05, 0) is 38.3 Å². The molecule has 1 aromatic carbocycles. The molecule has 0 saturated heterocycles. The standard InChI is InChI=1S/C15H24N2O2/c1-10-14(18-2)5-4-12(15(10)19-3)9-17-8-11-6-13(16)7-11/h4-5,11,13,17H,6-9,16H2,1-3H3. The van der Waals surface area contributed by atoms with Gasteiger partial charge >= 0.3 is 0 Å². The minimum Gasteiger partial charge on any atom is -0.496 e. The molecular weight excluding hydrogens is 240 g/mol. The Hall–Kier alpha value is -1.26. The zero-order chi connectivity index (χ0) is 13.8. The fraction of sp³-hybridized carbons (Fsp3) is 0.600. The summed E-state index contributed by atoms with van der Waals surface area (Å²) in [5, 5.41) is 3.49. The second kappa shape index (κ2) is 6.26. The van der Waals surface area contributed by atoms with E-state index >= 15 is 0 Å². The average Bonchev–Trinajstić information content (AvgIpc) is 2.37. The van der Waals surface area contributed by atoms with E-state index in [1.807, 2.05) is 13.0 Å². The highest BCUT2D eigenvalue weighted by Crippen LogP contribution is 2.31. The molecule has 0 spiro atoms. The van der Waals surface area contributed by atoms with Gasteiger partial charge in [-0.1, -0.05) is 6.07 Å². The van der Waals surface area contributed by atoms with Crippen LogP contribution in [0.1, 0.15) is 24.0 Å². The molecule has 1 aliphatic carbocycles. The summed E-state index contributed by atoms with van der Waals surface area (Å²) in [6, 6.07) is 4.47. The van der Waals surface area contributed by atoms with Gasteiger partial charge in [-0.2, -0.15) is 0 Å². The van der Waals surface area contributed by atoms with Crippen molar-refractivity contribution in [2.75, 3.05) is 20.8 Å². The van der Waals surface area contributed by atoms with Crippen LogP contribution in [0.25, 0.3) is 0 Å². The van der Waals surface area contributed by atoms with Crippen LogP contribution in [-0.2, 0) is 6.54 Å². The van der Waals surface area contributed by atoms with Gasteiger partial charge in [-0.25, -0.2) is 0 Å². The van der Waals surface area contributed by atoms with Crippen molar-refractivity contribution in [3.05, 3.63) is 23.3 Å². The lowest BCUT2D eigenvalue weighted by Crippen LogP contribution is -2.41. The van der Waals surface area contributed by atoms with E-state index in [0.717, 1.165) is 48.9 Å². The monoisotopic (exact) mass is 264 g/mol. The fourth-order valence-corrected chi connectivity index (χ4v) is 2.74. The minimum absolute atomic E-state index is 0.421. The Bertz CT molecular complexity index is 428. The number of benzene rings is 1. The van der Waals surface area contributed by atoms with Crippen LogP contribution in [0, 0.1) is 12.8 Å². The van der Waals surface area contributed by atoms with Gasteiger partial charge in [-0.3, -0.25) is 0 Å². The lowest BCUT2D eigenvalue weighted by molar-refractivity contribution is 0.255. The topological polar surface area (TPSA) is 56.5 Å². The summed E-state index contributed by atoms with van der Waals surface area (Å²) in [5.41, 5.74) is 8.01. The molecule has 2 rings (SSSR count). The second-order valence-electron chi connectivity index (χ2n) is 5.31. The van der Waals surface area contributed by atoms with E-state index in [2.05, 4.69) is 11.4 Å². The summed E-state index contributed by atoms with van der Waals surface area (Å²) in [4.78, 5) is 0. The van der Waals surface area contributed by atoms with Crippen molar-refractivity contribution >= 4 is 0 Å². The number of methoxy groups -OCH3 is 2. The van der Waals surface area contributed by atoms with E-state index in [1.165, 1.54) is 5.56 Å². The smallest absolute Gasteiger partial charge is 0.129 e. The van der Waals surface area contributed by atoms with Crippen LogP contribution >= 0.6 is 0 Å². The van der Waals surface area contributed by atoms with Crippen molar-refractivity contribution in [3.8, 4) is 11.5 Å². The minimum atomic E-state index is 0.421. The van der Waals surface area contributed by atoms with Gasteiger partial charge in [0.2, 0.25) is 0 Å². The van der Waals surface area contributed by atoms with E-state index < -0.39 is 0 Å². The Morgan fingerprint density at radius 2 is 2.00 bits per heavy atom. The van der Waals surface area contributed by atoms with Crippen LogP contribution in [0.4, 0.5) is 0 Å². The molecule has 1 fully saturated rings. The molecule has 4 nitrogen and oxygen atoms in total. The van der Waals surface area contributed by atoms with Gasteiger partial charge in [0.25, 0.3) is 0 Å². The predicted molar refractivity (Wildman–Crippen MR) is 76.7 cm³/mol. The van der Waals surface area contributed by atoms with E-state index in [-0.39, 0.29) is 0 Å². The molecule has 1 saturated carbocycles. The summed E-state index contributed by atoms with van der Waals surface area (Å²) in [6.45, 7) is 3.87. The third-order valence-electron chi connectivity index (χ3n) is 3.88. The van der Waals surface area contributed by atoms with Gasteiger partial charge < -0.3 is 20.5 Å². The number of hydrogen-bond acceptors (Lipinski definition) is 4. The molecule has 0 atom stereocenters. The Kier molecular flexibility index (Phi) is 4.66. The third-order valence-corrected chi connectivity index (χ3v) is 3.88. The first-order valence-corrected chi connectivity index (χ1v) is 6.82. The molecule has 3 N–H and O–H groups in total. The summed E-state index contributed by atoms with van der Waals surface area (Å²) >= 11 is 0. The number of nitrogens with two attached hydrogens (primary N) is 1. The third kappa shape index (κ3) is 3.19. The van der Waals surface area contributed by atoms with Crippen molar-refractivity contribution in [1.29, 1.82) is 0 Å². The van der Waals surface area contributed by atoms with Crippen LogP contribution in [0.3, 0.4) is 0 Å². The molecule has 0 aromatic heterocycles. The normalized spacial score (nSPS) is 21.9. The fourth-order valence-electron chi connectivity index (χ4n) is 2.74. The lowest BCUT2D eigenvalue weighted by Gasteiger charge is -2.32. The maximum Gasteiger partial charge on any atom is 0.129 e. The molecule has 1 aliphatic rings. The molecular formula is C15H24N2O2. The number of ether oxygens (including phenoxy) is 2. The highest BCUT2D eigenvalue weighted by Gasteiger charge is 2.25. The summed E-state index contributed by atoms with van der Waals surface area (Å²) in [6.07, 6.45) is 2.29. The molecule has 0 bridgehead atoms. The van der Waals surface area contributed by atoms with Crippen molar-refractivity contribution in [3.63, 3.8) is 0 Å². The SMILES string of the molecule is COc1ccc(CNCC2CC(N)C2)c(OC)c1C. The molecule has 106 valence electrons. The Morgan fingerprint density at radius 1 is 1.26 bits per heavy atom. The van der Waals surface area contributed by atoms with Crippen molar-refractivity contribution < 1.29 is 9.47 Å². The van der Waals surface area contributed by atoms with Crippen LogP contribution in [0.5, 0.6) is 11.5 Å². The van der Waals surface area contributed by atoms with Gasteiger partial charge in [0, 0.05) is 23.7 Å². The van der Waals surface area contributed by atoms with Crippen molar-refractivity contribution in [1.82, 2.24) is 5.32 Å². The maximum absolute atomic E-state index is 5.79. The molecule has 0 radical (unpaired) electrons. The second-order valence-corrected chi connectivity index (χ2v) is 5.31. The molecule has 0 aliphatic heterocycles. The van der Waals surface area contributed by atoms with E-state index in [9.17, 15) is 0 Å². The Morgan fingerprint density at radius 3 is 2.58 bits per heavy atom. The first-order valence-electron chi connectivity index (χ1n) is 6.82. The predicted octanol–water partition coefficient (Wildman–Crippen LogP) is 1.84. The first-order chi connectivity index (χ1) is 9.15. The van der Waals surface area contributed by atoms with Crippen LogP contribution < -0.4 is 20.5 Å². The first kappa shape index (κ1) is 14.2. The van der Waals surface area contributed by atoms with Crippen molar-refractivity contribution in [2.45, 2.75) is 32.4 Å². The van der Waals surface area contributed by atoms with Crippen LogP contribution in [0.2, 0.25) is 0 Å². The zero-order valence-corrected chi connectivity index (χ0v) is 12.0. The van der Waals surface area contributed by atoms with Crippen LogP contribution in [0.15, 0.2) is 12.1 Å². The van der Waals surface area contributed by atoms with Crippen LogP contribution in [-0.4, -0.2) is 26.8 Å². The Labute approximate surface area is 115 Å². The molecule has 4 heteroatoms. The van der Waals surface area contributed by atoms with Gasteiger partial charge in [0.1, 0.15) is 11.5 Å². The summed E-state index contributed by atoms with van der Waals surface area (Å²) < 4.78 is 10.8. The highest BCUT2D eigenvalue weighted by atomic mass is 16.5. The maximum atomic E-state index is 5.79. The van der Waals surface area contributed by atoms with E-state index in [0.29, 0.717) is 6.04 Å². The largest absolute Gasteiger partial charge is 0.496 e. The quantitative estimate of drug-likeness (QED) is 0.823. The molecule has 1 aromatic rings.